The number of hydrogen-bond acceptors (Lipinski definition) is 2. The van der Waals surface area contributed by atoms with E-state index in [1.54, 1.807) is 0 Å². The van der Waals surface area contributed by atoms with Crippen molar-refractivity contribution in [1.29, 1.82) is 0 Å². The summed E-state index contributed by atoms with van der Waals surface area (Å²) in [6.07, 6.45) is -2.46. The van der Waals surface area contributed by atoms with Gasteiger partial charge in [-0.3, -0.25) is 0 Å². The average molecular weight is 407 g/mol. The van der Waals surface area contributed by atoms with Crippen molar-refractivity contribution in [3.05, 3.63) is 0 Å². The molecule has 126 valence electrons. The SMILES string of the molecule is CC(C)N(P=N[P+](Cl)(Cl)N([Si](C)(C)C)[Si](C)(C)C)C(C)C. The van der Waals surface area contributed by atoms with E-state index < -0.39 is 22.7 Å². The van der Waals surface area contributed by atoms with Gasteiger partial charge in [0.25, 0.3) is 0 Å². The summed E-state index contributed by atoms with van der Waals surface area (Å²) in [5.41, 5.74) is 0. The summed E-state index contributed by atoms with van der Waals surface area (Å²) in [7, 11) is -2.35. The molecule has 0 radical (unpaired) electrons. The van der Waals surface area contributed by atoms with E-state index in [4.69, 9.17) is 27.0 Å². The number of halogens is 2. The van der Waals surface area contributed by atoms with Crippen LogP contribution in [0.15, 0.2) is 4.52 Å². The lowest BCUT2D eigenvalue weighted by Gasteiger charge is -2.40. The summed E-state index contributed by atoms with van der Waals surface area (Å²) < 4.78 is 9.50. The molecule has 0 aliphatic rings. The Bertz CT molecular complexity index is 344. The van der Waals surface area contributed by atoms with Gasteiger partial charge in [-0.1, -0.05) is 39.3 Å². The Hall–Kier alpha value is 1.46. The van der Waals surface area contributed by atoms with E-state index >= 15 is 0 Å². The van der Waals surface area contributed by atoms with Gasteiger partial charge in [-0.05, 0) is 32.2 Å². The molecule has 0 bridgehead atoms. The van der Waals surface area contributed by atoms with Crippen LogP contribution < -0.4 is 0 Å². The summed E-state index contributed by atoms with van der Waals surface area (Å²) in [5.74, 6) is 0. The molecule has 0 heterocycles. The number of rotatable bonds is 7. The molecule has 0 N–H and O–H groups in total. The monoisotopic (exact) mass is 406 g/mol. The van der Waals surface area contributed by atoms with Crippen LogP contribution in [0.25, 0.3) is 0 Å². The first-order valence-electron chi connectivity index (χ1n) is 7.41. The molecule has 0 aromatic rings. The Morgan fingerprint density at radius 1 is 0.857 bits per heavy atom. The molecule has 0 unspecified atom stereocenters. The van der Waals surface area contributed by atoms with Crippen molar-refractivity contribution in [3.63, 3.8) is 0 Å². The highest BCUT2D eigenvalue weighted by molar-refractivity contribution is 8.17. The van der Waals surface area contributed by atoms with Crippen LogP contribution in [0.1, 0.15) is 27.7 Å². The molecule has 9 heteroatoms. The van der Waals surface area contributed by atoms with Crippen molar-refractivity contribution in [2.45, 2.75) is 79.1 Å². The summed E-state index contributed by atoms with van der Waals surface area (Å²) in [6.45, 7) is 22.6. The third kappa shape index (κ3) is 7.26. The fourth-order valence-corrected chi connectivity index (χ4v) is 27.4. The molecule has 0 amide bonds. The van der Waals surface area contributed by atoms with Gasteiger partial charge < -0.3 is 0 Å². The van der Waals surface area contributed by atoms with Crippen LogP contribution in [0, 0.1) is 0 Å². The van der Waals surface area contributed by atoms with Crippen LogP contribution in [-0.4, -0.2) is 37.2 Å². The maximum Gasteiger partial charge on any atom is 0.391 e. The first-order chi connectivity index (χ1) is 9.10. The molecule has 3 nitrogen and oxygen atoms in total. The standard InChI is InChI=1S/C12H32Cl2N3P2Si2/c1-11(2)16(12(3)4)18-15-19(13,14)17(20(5,6)7)21(8,9)10/h11-12H,1-10H3/q+1. The Balaban J connectivity index is 5.52. The van der Waals surface area contributed by atoms with Crippen molar-refractivity contribution in [2.24, 2.45) is 4.52 Å². The van der Waals surface area contributed by atoms with Crippen molar-refractivity contribution < 1.29 is 0 Å². The highest BCUT2D eigenvalue weighted by atomic mass is 35.9. The van der Waals surface area contributed by atoms with Crippen LogP contribution in [0.3, 0.4) is 0 Å². The quantitative estimate of drug-likeness (QED) is 0.326. The minimum Gasteiger partial charge on any atom is -0.234 e. The lowest BCUT2D eigenvalue weighted by Crippen LogP contribution is -2.56. The Kier molecular flexibility index (Phi) is 8.59. The van der Waals surface area contributed by atoms with Crippen LogP contribution in [0.5, 0.6) is 0 Å². The molecule has 0 aromatic heterocycles. The number of nitrogens with zero attached hydrogens (tertiary/aromatic N) is 3. The zero-order valence-electron chi connectivity index (χ0n) is 15.1. The van der Waals surface area contributed by atoms with Gasteiger partial charge in [0.2, 0.25) is 0 Å². The van der Waals surface area contributed by atoms with E-state index in [9.17, 15) is 0 Å². The minimum absolute atomic E-state index is 0.427. The predicted molar refractivity (Wildman–Crippen MR) is 109 cm³/mol. The summed E-state index contributed by atoms with van der Waals surface area (Å²) in [5, 5.41) is 0. The van der Waals surface area contributed by atoms with Gasteiger partial charge in [-0.2, -0.15) is 4.00 Å². The second-order valence-electron chi connectivity index (χ2n) is 7.86. The molecule has 21 heavy (non-hydrogen) atoms. The van der Waals surface area contributed by atoms with Crippen molar-refractivity contribution >= 4 is 53.7 Å². The predicted octanol–water partition coefficient (Wildman–Crippen LogP) is 7.28. The largest absolute Gasteiger partial charge is 0.391 e. The molecule has 0 aliphatic carbocycles. The van der Waals surface area contributed by atoms with Gasteiger partial charge in [0.15, 0.2) is 39.0 Å². The van der Waals surface area contributed by atoms with Gasteiger partial charge in [0.1, 0.15) is 8.52 Å². The van der Waals surface area contributed by atoms with Gasteiger partial charge in [0.05, 0.1) is 0 Å². The van der Waals surface area contributed by atoms with Gasteiger partial charge in [0, 0.05) is 12.1 Å². The Labute approximate surface area is 145 Å². The highest BCUT2D eigenvalue weighted by Crippen LogP contribution is 2.77. The summed E-state index contributed by atoms with van der Waals surface area (Å²) in [6, 6.07) is 0.854. The summed E-state index contributed by atoms with van der Waals surface area (Å²) in [4.78, 5) is 0. The zero-order valence-corrected chi connectivity index (χ0v) is 20.4. The van der Waals surface area contributed by atoms with Crippen molar-refractivity contribution in [2.75, 3.05) is 0 Å². The first-order valence-corrected chi connectivity index (χ1v) is 18.6. The van der Waals surface area contributed by atoms with E-state index in [-0.39, 0.29) is 0 Å². The molecule has 0 rings (SSSR count). The van der Waals surface area contributed by atoms with Crippen LogP contribution in [-0.2, 0) is 0 Å². The van der Waals surface area contributed by atoms with E-state index in [2.05, 4.69) is 75.6 Å². The van der Waals surface area contributed by atoms with Crippen LogP contribution in [0.2, 0.25) is 39.3 Å². The lowest BCUT2D eigenvalue weighted by molar-refractivity contribution is 0.331. The second kappa shape index (κ2) is 8.03. The second-order valence-corrected chi connectivity index (χ2v) is 24.6. The molecule has 0 fully saturated rings. The van der Waals surface area contributed by atoms with Crippen LogP contribution >= 0.6 is 37.3 Å². The van der Waals surface area contributed by atoms with Crippen molar-refractivity contribution in [1.82, 2.24) is 8.67 Å². The zero-order chi connectivity index (χ0) is 17.2. The molecular weight excluding hydrogens is 375 g/mol. The topological polar surface area (TPSA) is 18.8 Å². The van der Waals surface area contributed by atoms with E-state index in [0.717, 1.165) is 8.52 Å². The minimum atomic E-state index is -2.46. The fraction of sp³-hybridized carbons (Fsp3) is 1.00. The smallest absolute Gasteiger partial charge is 0.234 e. The first kappa shape index (κ1) is 22.5. The van der Waals surface area contributed by atoms with Crippen LogP contribution in [0.4, 0.5) is 0 Å². The summed E-state index contributed by atoms with van der Waals surface area (Å²) >= 11 is 13.6. The normalized spacial score (nSPS) is 15.2. The van der Waals surface area contributed by atoms with Crippen molar-refractivity contribution in [3.8, 4) is 0 Å². The fourth-order valence-electron chi connectivity index (χ4n) is 2.67. The molecule has 0 atom stereocenters. The molecule has 0 aromatic carbocycles. The average Bonchev–Trinajstić information content (AvgIpc) is 2.09. The third-order valence-electron chi connectivity index (χ3n) is 2.82. The molecular formula is C12H32Cl2N3P2Si2+. The Morgan fingerprint density at radius 2 is 1.19 bits per heavy atom. The third-order valence-corrected chi connectivity index (χ3v) is 21.2. The highest BCUT2D eigenvalue weighted by Gasteiger charge is 2.56. The van der Waals surface area contributed by atoms with Gasteiger partial charge in [-0.15, -0.1) is 0 Å². The lowest BCUT2D eigenvalue weighted by atomic mass is 10.3. The number of hydrogen-bond donors (Lipinski definition) is 0. The van der Waals surface area contributed by atoms with E-state index in [1.807, 2.05) is 0 Å². The molecule has 0 aliphatic heterocycles. The van der Waals surface area contributed by atoms with Gasteiger partial charge in [-0.25, -0.2) is 4.67 Å². The molecule has 0 spiro atoms. The van der Waals surface area contributed by atoms with Gasteiger partial charge >= 0.3 is 6.27 Å². The maximum absolute atomic E-state index is 6.80. The Morgan fingerprint density at radius 3 is 1.43 bits per heavy atom. The molecule has 0 saturated carbocycles. The maximum atomic E-state index is 6.80. The van der Waals surface area contributed by atoms with E-state index in [0.29, 0.717) is 12.1 Å². The van der Waals surface area contributed by atoms with E-state index in [1.165, 1.54) is 0 Å². The molecule has 0 saturated heterocycles.